The zero-order valence-electron chi connectivity index (χ0n) is 12.6. The van der Waals surface area contributed by atoms with Gasteiger partial charge < -0.3 is 10.4 Å². The number of hydrogen-bond donors (Lipinski definition) is 2. The predicted molar refractivity (Wildman–Crippen MR) is 83.0 cm³/mol. The maximum absolute atomic E-state index is 9.96. The molecular weight excluding hydrogens is 246 g/mol. The summed E-state index contributed by atoms with van der Waals surface area (Å²) < 4.78 is 0. The van der Waals surface area contributed by atoms with Gasteiger partial charge in [-0.15, -0.1) is 0 Å². The van der Waals surface area contributed by atoms with Crippen molar-refractivity contribution in [2.45, 2.75) is 70.4 Å². The lowest BCUT2D eigenvalue weighted by atomic mass is 9.82. The summed E-state index contributed by atoms with van der Waals surface area (Å²) in [6.45, 7) is 2.31. The van der Waals surface area contributed by atoms with E-state index >= 15 is 0 Å². The number of hydrogen-bond acceptors (Lipinski definition) is 2. The highest BCUT2D eigenvalue weighted by atomic mass is 16.3. The molecule has 0 heterocycles. The average molecular weight is 273 g/mol. The Bertz CT molecular complexity index is 451. The summed E-state index contributed by atoms with van der Waals surface area (Å²) >= 11 is 0. The summed E-state index contributed by atoms with van der Waals surface area (Å²) in [7, 11) is 0. The number of nitrogens with one attached hydrogen (secondary N) is 1. The quantitative estimate of drug-likeness (QED) is 0.856. The van der Waals surface area contributed by atoms with Crippen molar-refractivity contribution in [1.29, 1.82) is 0 Å². The Balaban J connectivity index is 1.70. The Labute approximate surface area is 122 Å². The van der Waals surface area contributed by atoms with Crippen LogP contribution < -0.4 is 5.32 Å². The number of phenols is 1. The molecule has 1 saturated carbocycles. The Morgan fingerprint density at radius 2 is 2.00 bits per heavy atom. The van der Waals surface area contributed by atoms with Crippen molar-refractivity contribution in [2.75, 3.05) is 0 Å². The van der Waals surface area contributed by atoms with Gasteiger partial charge in [-0.2, -0.15) is 0 Å². The van der Waals surface area contributed by atoms with Crippen LogP contribution in [0, 0.1) is 5.92 Å². The summed E-state index contributed by atoms with van der Waals surface area (Å²) in [6.07, 6.45) is 10.4. The van der Waals surface area contributed by atoms with Crippen LogP contribution >= 0.6 is 0 Å². The first kappa shape index (κ1) is 13.9. The van der Waals surface area contributed by atoms with Crippen LogP contribution in [0.5, 0.6) is 5.75 Å². The van der Waals surface area contributed by atoms with Crippen molar-refractivity contribution in [1.82, 2.24) is 5.32 Å². The van der Waals surface area contributed by atoms with Gasteiger partial charge >= 0.3 is 0 Å². The zero-order chi connectivity index (χ0) is 13.9. The second-order valence-electron chi connectivity index (χ2n) is 6.52. The van der Waals surface area contributed by atoms with E-state index in [2.05, 4.69) is 18.3 Å². The summed E-state index contributed by atoms with van der Waals surface area (Å²) in [5.41, 5.74) is 2.50. The van der Waals surface area contributed by atoms with E-state index in [9.17, 15) is 5.11 Å². The molecule has 0 aromatic heterocycles. The van der Waals surface area contributed by atoms with Crippen molar-refractivity contribution >= 4 is 0 Å². The van der Waals surface area contributed by atoms with Gasteiger partial charge in [-0.25, -0.2) is 0 Å². The minimum absolute atomic E-state index is 0.448. The van der Waals surface area contributed by atoms with E-state index < -0.39 is 0 Å². The summed E-state index contributed by atoms with van der Waals surface area (Å²) in [5, 5.41) is 13.9. The lowest BCUT2D eigenvalue weighted by Crippen LogP contribution is -2.38. The standard InChI is InChI=1S/C18H27NO/c1-2-16(13-7-4-3-5-8-13)19-17-12-11-15-14(17)9-6-10-18(15)20/h6,9-10,13,16-17,19-20H,2-5,7-8,11-12H2,1H3. The van der Waals surface area contributed by atoms with Crippen molar-refractivity contribution in [3.8, 4) is 5.75 Å². The predicted octanol–water partition coefficient (Wildman–Crippen LogP) is 4.33. The third kappa shape index (κ3) is 2.71. The number of aromatic hydroxyl groups is 1. The van der Waals surface area contributed by atoms with Crippen molar-refractivity contribution < 1.29 is 5.11 Å². The molecule has 2 nitrogen and oxygen atoms in total. The maximum Gasteiger partial charge on any atom is 0.119 e. The first-order valence-electron chi connectivity index (χ1n) is 8.36. The molecule has 0 spiro atoms. The van der Waals surface area contributed by atoms with E-state index in [1.165, 1.54) is 49.7 Å². The molecule has 1 aromatic carbocycles. The van der Waals surface area contributed by atoms with Crippen LogP contribution in [-0.4, -0.2) is 11.1 Å². The smallest absolute Gasteiger partial charge is 0.119 e. The normalized spacial score (nSPS) is 24.6. The maximum atomic E-state index is 9.96. The van der Waals surface area contributed by atoms with Gasteiger partial charge in [0.2, 0.25) is 0 Å². The van der Waals surface area contributed by atoms with E-state index in [4.69, 9.17) is 0 Å². The molecule has 20 heavy (non-hydrogen) atoms. The van der Waals surface area contributed by atoms with Crippen LogP contribution in [0.1, 0.15) is 69.0 Å². The molecule has 2 N–H and O–H groups in total. The largest absolute Gasteiger partial charge is 0.508 e. The molecule has 0 saturated heterocycles. The van der Waals surface area contributed by atoms with Gasteiger partial charge in [0.15, 0.2) is 0 Å². The molecule has 0 bridgehead atoms. The molecule has 0 radical (unpaired) electrons. The van der Waals surface area contributed by atoms with Crippen LogP contribution in [-0.2, 0) is 6.42 Å². The van der Waals surface area contributed by atoms with Gasteiger partial charge in [0, 0.05) is 12.1 Å². The molecule has 3 rings (SSSR count). The molecule has 0 aliphatic heterocycles. The van der Waals surface area contributed by atoms with Crippen LogP contribution in [0.2, 0.25) is 0 Å². The number of benzene rings is 1. The summed E-state index contributed by atoms with van der Waals surface area (Å²) in [6, 6.07) is 7.08. The van der Waals surface area contributed by atoms with Crippen molar-refractivity contribution in [3.05, 3.63) is 29.3 Å². The van der Waals surface area contributed by atoms with E-state index in [0.717, 1.165) is 18.8 Å². The SMILES string of the molecule is CCC(NC1CCc2c(O)cccc21)C1CCCCC1. The molecule has 2 aliphatic carbocycles. The molecule has 110 valence electrons. The monoisotopic (exact) mass is 273 g/mol. The fourth-order valence-electron chi connectivity index (χ4n) is 4.19. The Morgan fingerprint density at radius 3 is 2.75 bits per heavy atom. The molecular formula is C18H27NO. The van der Waals surface area contributed by atoms with Gasteiger partial charge in [0.1, 0.15) is 5.75 Å². The number of fused-ring (bicyclic) bond motifs is 1. The first-order chi connectivity index (χ1) is 9.79. The number of rotatable bonds is 4. The van der Waals surface area contributed by atoms with E-state index in [-0.39, 0.29) is 0 Å². The van der Waals surface area contributed by atoms with Gasteiger partial charge in [0.05, 0.1) is 0 Å². The molecule has 2 unspecified atom stereocenters. The lowest BCUT2D eigenvalue weighted by molar-refractivity contribution is 0.245. The first-order valence-corrected chi connectivity index (χ1v) is 8.36. The van der Waals surface area contributed by atoms with Crippen molar-refractivity contribution in [2.24, 2.45) is 5.92 Å². The molecule has 2 aliphatic rings. The third-order valence-corrected chi connectivity index (χ3v) is 5.32. The van der Waals surface area contributed by atoms with Crippen LogP contribution in [0.3, 0.4) is 0 Å². The van der Waals surface area contributed by atoms with Crippen LogP contribution in [0.15, 0.2) is 18.2 Å². The molecule has 1 fully saturated rings. The second-order valence-corrected chi connectivity index (χ2v) is 6.52. The fraction of sp³-hybridized carbons (Fsp3) is 0.667. The average Bonchev–Trinajstić information content (AvgIpc) is 2.90. The highest BCUT2D eigenvalue weighted by molar-refractivity contribution is 5.44. The lowest BCUT2D eigenvalue weighted by Gasteiger charge is -2.32. The number of phenolic OH excluding ortho intramolecular Hbond substituents is 1. The Hall–Kier alpha value is -1.02. The van der Waals surface area contributed by atoms with Crippen LogP contribution in [0.25, 0.3) is 0 Å². The van der Waals surface area contributed by atoms with Crippen molar-refractivity contribution in [3.63, 3.8) is 0 Å². The van der Waals surface area contributed by atoms with Gasteiger partial charge in [0.25, 0.3) is 0 Å². The molecule has 2 heteroatoms. The summed E-state index contributed by atoms with van der Waals surface area (Å²) in [4.78, 5) is 0. The van der Waals surface area contributed by atoms with E-state index in [1.807, 2.05) is 12.1 Å². The topological polar surface area (TPSA) is 32.3 Å². The molecule has 1 aromatic rings. The second kappa shape index (κ2) is 6.17. The fourth-order valence-corrected chi connectivity index (χ4v) is 4.19. The minimum Gasteiger partial charge on any atom is -0.508 e. The zero-order valence-corrected chi connectivity index (χ0v) is 12.6. The van der Waals surface area contributed by atoms with Gasteiger partial charge in [-0.1, -0.05) is 38.3 Å². The minimum atomic E-state index is 0.448. The van der Waals surface area contributed by atoms with E-state index in [0.29, 0.717) is 17.8 Å². The highest BCUT2D eigenvalue weighted by Crippen LogP contribution is 2.38. The summed E-state index contributed by atoms with van der Waals surface area (Å²) in [5.74, 6) is 1.34. The Kier molecular flexibility index (Phi) is 4.30. The third-order valence-electron chi connectivity index (χ3n) is 5.32. The Morgan fingerprint density at radius 1 is 1.20 bits per heavy atom. The van der Waals surface area contributed by atoms with E-state index in [1.54, 1.807) is 0 Å². The molecule has 0 amide bonds. The van der Waals surface area contributed by atoms with Crippen LogP contribution in [0.4, 0.5) is 0 Å². The van der Waals surface area contributed by atoms with Gasteiger partial charge in [-0.3, -0.25) is 0 Å². The molecule has 2 atom stereocenters. The highest BCUT2D eigenvalue weighted by Gasteiger charge is 2.29. The van der Waals surface area contributed by atoms with Gasteiger partial charge in [-0.05, 0) is 55.2 Å².